The number of carbonyl (C=O) groups is 2. The predicted octanol–water partition coefficient (Wildman–Crippen LogP) is 6.60. The van der Waals surface area contributed by atoms with E-state index in [-0.39, 0.29) is 29.3 Å². The number of para-hydroxylation sites is 4. The standard InChI is InChI=1S/2C15H15NO2.Ni/c2*17-15(18)11-12-16(13-7-3-1-4-8-13)14-9-5-2-6-10-14;/h2*1-10H,11-12H2,(H,17,18);. The maximum atomic E-state index is 10.7. The summed E-state index contributed by atoms with van der Waals surface area (Å²) in [6.45, 7) is 0.923. The maximum absolute atomic E-state index is 10.7. The maximum Gasteiger partial charge on any atom is 0.305 e. The quantitative estimate of drug-likeness (QED) is 0.221. The summed E-state index contributed by atoms with van der Waals surface area (Å²) in [6.07, 6.45) is 0.230. The molecule has 194 valence electrons. The Bertz CT molecular complexity index is 1020. The van der Waals surface area contributed by atoms with Crippen molar-refractivity contribution in [2.24, 2.45) is 0 Å². The fourth-order valence-electron chi connectivity index (χ4n) is 3.66. The van der Waals surface area contributed by atoms with Gasteiger partial charge in [0.25, 0.3) is 0 Å². The molecule has 0 saturated carbocycles. The molecule has 4 rings (SSSR count). The van der Waals surface area contributed by atoms with Crippen LogP contribution in [0.2, 0.25) is 0 Å². The largest absolute Gasteiger partial charge is 0.481 e. The number of aliphatic carboxylic acids is 2. The molecule has 0 fully saturated rings. The van der Waals surface area contributed by atoms with Crippen LogP contribution in [0.3, 0.4) is 0 Å². The summed E-state index contributed by atoms with van der Waals surface area (Å²) in [4.78, 5) is 25.5. The van der Waals surface area contributed by atoms with Gasteiger partial charge in [0.15, 0.2) is 0 Å². The van der Waals surface area contributed by atoms with Gasteiger partial charge in [-0.1, -0.05) is 72.8 Å². The van der Waals surface area contributed by atoms with Crippen LogP contribution >= 0.6 is 0 Å². The molecule has 0 aliphatic carbocycles. The van der Waals surface area contributed by atoms with E-state index in [9.17, 15) is 9.59 Å². The van der Waals surface area contributed by atoms with Crippen LogP contribution in [-0.2, 0) is 26.1 Å². The molecule has 0 heterocycles. The van der Waals surface area contributed by atoms with E-state index in [0.717, 1.165) is 22.7 Å². The van der Waals surface area contributed by atoms with Crippen molar-refractivity contribution >= 4 is 34.7 Å². The van der Waals surface area contributed by atoms with E-state index in [2.05, 4.69) is 0 Å². The van der Waals surface area contributed by atoms with Crippen molar-refractivity contribution < 1.29 is 36.3 Å². The Hall–Kier alpha value is -4.09. The zero-order chi connectivity index (χ0) is 25.6. The van der Waals surface area contributed by atoms with Crippen molar-refractivity contribution in [2.75, 3.05) is 22.9 Å². The Kier molecular flexibility index (Phi) is 12.5. The molecule has 2 N–H and O–H groups in total. The molecule has 0 aliphatic rings. The molecular weight excluding hydrogens is 511 g/mol. The van der Waals surface area contributed by atoms with Gasteiger partial charge in [0, 0.05) is 52.3 Å². The minimum absolute atomic E-state index is 0. The molecule has 7 heteroatoms. The number of anilines is 4. The summed E-state index contributed by atoms with van der Waals surface area (Å²) in [5.74, 6) is -1.57. The number of hydrogen-bond acceptors (Lipinski definition) is 4. The molecule has 0 aromatic heterocycles. The first-order valence-electron chi connectivity index (χ1n) is 11.7. The number of carboxylic acid groups (broad SMARTS) is 2. The summed E-state index contributed by atoms with van der Waals surface area (Å²) < 4.78 is 0. The third-order valence-electron chi connectivity index (χ3n) is 5.37. The first-order valence-corrected chi connectivity index (χ1v) is 11.7. The number of benzene rings is 4. The van der Waals surface area contributed by atoms with Gasteiger partial charge in [-0.05, 0) is 48.5 Å². The third kappa shape index (κ3) is 9.82. The van der Waals surface area contributed by atoms with Gasteiger partial charge in [0.1, 0.15) is 0 Å². The molecular formula is C30H30N2NiO4. The van der Waals surface area contributed by atoms with Gasteiger partial charge in [0.2, 0.25) is 0 Å². The molecule has 4 aromatic carbocycles. The van der Waals surface area contributed by atoms with Gasteiger partial charge in [-0.3, -0.25) is 9.59 Å². The Morgan fingerprint density at radius 3 is 0.865 bits per heavy atom. The van der Waals surface area contributed by atoms with Crippen LogP contribution in [0.5, 0.6) is 0 Å². The van der Waals surface area contributed by atoms with E-state index in [1.807, 2.05) is 131 Å². The van der Waals surface area contributed by atoms with E-state index < -0.39 is 11.9 Å². The van der Waals surface area contributed by atoms with E-state index in [1.54, 1.807) is 0 Å². The molecule has 0 spiro atoms. The number of nitrogens with zero attached hydrogens (tertiary/aromatic N) is 2. The van der Waals surface area contributed by atoms with Crippen molar-refractivity contribution in [2.45, 2.75) is 12.8 Å². The van der Waals surface area contributed by atoms with Crippen LogP contribution in [0, 0.1) is 0 Å². The second-order valence-corrected chi connectivity index (χ2v) is 7.93. The Balaban J connectivity index is 0.000000253. The summed E-state index contributed by atoms with van der Waals surface area (Å²) >= 11 is 0. The second kappa shape index (κ2) is 15.8. The monoisotopic (exact) mass is 540 g/mol. The van der Waals surface area contributed by atoms with Crippen molar-refractivity contribution in [3.63, 3.8) is 0 Å². The van der Waals surface area contributed by atoms with E-state index in [0.29, 0.717) is 13.1 Å². The summed E-state index contributed by atoms with van der Waals surface area (Å²) in [7, 11) is 0. The molecule has 0 bridgehead atoms. The van der Waals surface area contributed by atoms with Gasteiger partial charge < -0.3 is 20.0 Å². The van der Waals surface area contributed by atoms with Gasteiger partial charge in [-0.25, -0.2) is 0 Å². The van der Waals surface area contributed by atoms with Crippen molar-refractivity contribution in [3.8, 4) is 0 Å². The van der Waals surface area contributed by atoms with Crippen molar-refractivity contribution in [3.05, 3.63) is 121 Å². The van der Waals surface area contributed by atoms with E-state index in [1.165, 1.54) is 0 Å². The zero-order valence-corrected chi connectivity index (χ0v) is 21.3. The Morgan fingerprint density at radius 1 is 0.459 bits per heavy atom. The molecule has 4 aromatic rings. The smallest absolute Gasteiger partial charge is 0.305 e. The molecule has 0 aliphatic heterocycles. The molecule has 0 atom stereocenters. The number of rotatable bonds is 10. The van der Waals surface area contributed by atoms with Crippen LogP contribution in [0.4, 0.5) is 22.7 Å². The fraction of sp³-hybridized carbons (Fsp3) is 0.133. The first-order chi connectivity index (χ1) is 17.5. The second-order valence-electron chi connectivity index (χ2n) is 7.93. The van der Waals surface area contributed by atoms with E-state index in [4.69, 9.17) is 10.2 Å². The molecule has 0 radical (unpaired) electrons. The predicted molar refractivity (Wildman–Crippen MR) is 144 cm³/mol. The third-order valence-corrected chi connectivity index (χ3v) is 5.37. The Labute approximate surface area is 227 Å². The minimum Gasteiger partial charge on any atom is -0.481 e. The fourth-order valence-corrected chi connectivity index (χ4v) is 3.66. The van der Waals surface area contributed by atoms with Crippen molar-refractivity contribution in [1.29, 1.82) is 0 Å². The van der Waals surface area contributed by atoms with Gasteiger partial charge in [-0.2, -0.15) is 0 Å². The summed E-state index contributed by atoms with van der Waals surface area (Å²) in [5, 5.41) is 17.7. The van der Waals surface area contributed by atoms with Gasteiger partial charge >= 0.3 is 11.9 Å². The van der Waals surface area contributed by atoms with Gasteiger partial charge in [-0.15, -0.1) is 0 Å². The number of hydrogen-bond donors (Lipinski definition) is 2. The minimum atomic E-state index is -0.785. The molecule has 0 unspecified atom stereocenters. The van der Waals surface area contributed by atoms with Crippen LogP contribution < -0.4 is 9.80 Å². The molecule has 37 heavy (non-hydrogen) atoms. The van der Waals surface area contributed by atoms with Gasteiger partial charge in [0.05, 0.1) is 12.8 Å². The molecule has 0 saturated heterocycles. The first kappa shape index (κ1) is 29.1. The van der Waals surface area contributed by atoms with Crippen LogP contribution in [0.25, 0.3) is 0 Å². The van der Waals surface area contributed by atoms with Crippen LogP contribution in [-0.4, -0.2) is 35.2 Å². The molecule has 0 amide bonds. The average Bonchev–Trinajstić information content (AvgIpc) is 2.91. The van der Waals surface area contributed by atoms with Crippen molar-refractivity contribution in [1.82, 2.24) is 0 Å². The Morgan fingerprint density at radius 2 is 0.676 bits per heavy atom. The van der Waals surface area contributed by atoms with E-state index >= 15 is 0 Å². The molecule has 6 nitrogen and oxygen atoms in total. The van der Waals surface area contributed by atoms with Crippen LogP contribution in [0.15, 0.2) is 121 Å². The normalized spacial score (nSPS) is 9.73. The summed E-state index contributed by atoms with van der Waals surface area (Å²) in [5.41, 5.74) is 4.02. The average molecular weight is 541 g/mol. The SMILES string of the molecule is O=C(O)CCN(c1ccccc1)c1ccccc1.O=C(O)CCN(c1ccccc1)c1ccccc1.[Ni]. The zero-order valence-electron chi connectivity index (χ0n) is 20.3. The topological polar surface area (TPSA) is 81.1 Å². The number of carboxylic acids is 2. The summed E-state index contributed by atoms with van der Waals surface area (Å²) in [6, 6.07) is 39.2. The van der Waals surface area contributed by atoms with Crippen LogP contribution in [0.1, 0.15) is 12.8 Å².